The third-order valence-corrected chi connectivity index (χ3v) is 28.0. The topological polar surface area (TPSA) is 315 Å². The number of likely N-dealkylation sites (tertiary alicyclic amines) is 3. The monoisotopic (exact) mass is 2070 g/mol. The molecular weight excluding hydrogens is 1950 g/mol. The molecule has 28 nitrogen and oxygen atoms in total. The summed E-state index contributed by atoms with van der Waals surface area (Å²) in [6.07, 6.45) is 2.65. The number of aromatic nitrogens is 10. The van der Waals surface area contributed by atoms with E-state index in [0.717, 1.165) is 41.7 Å². The molecule has 5 fully saturated rings. The minimum atomic E-state index is -5.02. The number of alkyl halides is 15. The number of piperidine rings is 3. The number of carbonyl (C=O) groups is 6. The molecule has 9 heterocycles. The molecular formula is C102H124F16N16O12. The quantitative estimate of drug-likeness (QED) is 0.0290. The molecule has 9 atom stereocenters. The van der Waals surface area contributed by atoms with E-state index >= 15 is 0 Å². The van der Waals surface area contributed by atoms with Gasteiger partial charge in [0.1, 0.15) is 30.5 Å². The number of nitrogens with zero attached hydrogens (tertiary/aromatic N) is 16. The molecule has 44 heteroatoms. The van der Waals surface area contributed by atoms with Crippen molar-refractivity contribution in [2.75, 3.05) is 27.9 Å². The third-order valence-electron chi connectivity index (χ3n) is 28.0. The standard InChI is InChI=1S/C35H41F6N5O4.C33H39F6N5O4.C33H40F4N6O4.CH4/c1-4-27-15-29(16-28(5-2)46(27)32(49)50-21-33(30(47)48)9-6-7-10-33)45(31-42-17-24(18-43-31)23-8-11-44(3)20-23)19-22-12-25(34(36,37)38)14-26(13-22)35(39,40)41;1-6-25-13-27(14-26(7-2)44(25)30(47)48-19-31(3,4)28(45)46)43(29-40-15-22(16-41-29)21-8-9-42(5)18-21)17-20-10-23(32(34,35)36)12-24(11-20)33(37,38)39;1-4-26-13-28(14-27(5-2)43(26)32(46)47-29-8-6-21(7-9-29)30(44)45)42(18-20-10-24(33(35,36)37)12-25(34)11-20)31-38-15-22(16-39-31)23-17-40-41(3)19-23;/h8,11-14,17-18,20,27-29H,4-7,9-10,15-16,19,21H2,1-3H3,(H,47,48);8-12,15-16,18,25-27H,6-7,13-14,17,19H2,1-5H3,(H,45,46);10-12,15-17,19,21,26-29H,4-9,13-14,18H2,1-3H3,(H,44,45);1H4/t27-,28+,29?;25-,26+,27?;21?,26-,27+,28?,29?;. The van der Waals surface area contributed by atoms with E-state index in [1.54, 1.807) is 79.6 Å². The highest BCUT2D eigenvalue weighted by Gasteiger charge is 2.50. The lowest BCUT2D eigenvalue weighted by Gasteiger charge is -2.47. The highest BCUT2D eigenvalue weighted by molar-refractivity contribution is 5.77. The summed E-state index contributed by atoms with van der Waals surface area (Å²) in [5, 5.41) is 32.8. The van der Waals surface area contributed by atoms with Crippen molar-refractivity contribution in [3.63, 3.8) is 0 Å². The fourth-order valence-corrected chi connectivity index (χ4v) is 19.9. The highest BCUT2D eigenvalue weighted by Crippen LogP contribution is 2.46. The number of hydrogen-bond donors (Lipinski definition) is 3. The molecule has 3 amide bonds. The number of carboxylic acids is 3. The molecule has 3 aliphatic heterocycles. The molecule has 3 unspecified atom stereocenters. The molecule has 3 saturated heterocycles. The molecule has 0 spiro atoms. The summed E-state index contributed by atoms with van der Waals surface area (Å²) in [5.41, 5.74) is -5.05. The van der Waals surface area contributed by atoms with Crippen LogP contribution in [0.15, 0.2) is 141 Å². The van der Waals surface area contributed by atoms with Crippen LogP contribution in [0, 0.1) is 22.6 Å². The second kappa shape index (κ2) is 47.3. The van der Waals surface area contributed by atoms with Gasteiger partial charge >= 0.3 is 67.1 Å². The lowest BCUT2D eigenvalue weighted by atomic mass is 9.87. The Morgan fingerprint density at radius 2 is 0.740 bits per heavy atom. The maximum atomic E-state index is 14.5. The van der Waals surface area contributed by atoms with E-state index in [0.29, 0.717) is 150 Å². The zero-order valence-electron chi connectivity index (χ0n) is 82.0. The van der Waals surface area contributed by atoms with E-state index in [1.807, 2.05) is 113 Å². The van der Waals surface area contributed by atoms with Crippen LogP contribution < -0.4 is 14.7 Å². The van der Waals surface area contributed by atoms with Crippen LogP contribution in [0.5, 0.6) is 0 Å². The van der Waals surface area contributed by atoms with E-state index in [2.05, 4.69) is 35.0 Å². The van der Waals surface area contributed by atoms with Crippen molar-refractivity contribution in [1.82, 2.24) is 63.5 Å². The summed E-state index contributed by atoms with van der Waals surface area (Å²) in [4.78, 5) is 113. The van der Waals surface area contributed by atoms with Crippen LogP contribution in [0.2, 0.25) is 0 Å². The van der Waals surface area contributed by atoms with Gasteiger partial charge in [-0.1, -0.05) is 61.8 Å². The Hall–Kier alpha value is -12.8. The summed E-state index contributed by atoms with van der Waals surface area (Å²) < 4.78 is 243. The fraction of sp³-hybridized carbons (Fsp3) is 0.539. The molecule has 6 aromatic heterocycles. The van der Waals surface area contributed by atoms with Crippen molar-refractivity contribution >= 4 is 54.0 Å². The van der Waals surface area contributed by atoms with Crippen molar-refractivity contribution in [3.8, 4) is 33.4 Å². The van der Waals surface area contributed by atoms with Crippen molar-refractivity contribution in [2.45, 2.75) is 302 Å². The van der Waals surface area contributed by atoms with E-state index in [9.17, 15) is 114 Å². The van der Waals surface area contributed by atoms with Crippen molar-refractivity contribution < 1.29 is 129 Å². The summed E-state index contributed by atoms with van der Waals surface area (Å²) in [7, 11) is 5.48. The number of rotatable bonds is 29. The molecule has 796 valence electrons. The van der Waals surface area contributed by atoms with Gasteiger partial charge < -0.3 is 68.1 Å². The number of hydrogen-bond acceptors (Lipinski definition) is 19. The lowest BCUT2D eigenvalue weighted by molar-refractivity contribution is -0.152. The maximum Gasteiger partial charge on any atom is 0.416 e. The van der Waals surface area contributed by atoms with Gasteiger partial charge in [-0.05, 0) is 213 Å². The first-order valence-corrected chi connectivity index (χ1v) is 48.3. The molecule has 2 saturated carbocycles. The largest absolute Gasteiger partial charge is 0.481 e. The Bertz CT molecular complexity index is 5800. The fourth-order valence-electron chi connectivity index (χ4n) is 19.9. The minimum Gasteiger partial charge on any atom is -0.481 e. The van der Waals surface area contributed by atoms with Gasteiger partial charge in [-0.25, -0.2) is 48.7 Å². The van der Waals surface area contributed by atoms with Gasteiger partial charge in [-0.2, -0.15) is 71.0 Å². The zero-order valence-corrected chi connectivity index (χ0v) is 82.0. The molecule has 146 heavy (non-hydrogen) atoms. The van der Waals surface area contributed by atoms with Gasteiger partial charge in [-0.15, -0.1) is 0 Å². The van der Waals surface area contributed by atoms with Gasteiger partial charge in [-0.3, -0.25) is 19.1 Å². The second-order valence-corrected chi connectivity index (χ2v) is 38.7. The minimum absolute atomic E-state index is 0. The Kier molecular flexibility index (Phi) is 36.8. The molecule has 5 aliphatic rings. The predicted molar refractivity (Wildman–Crippen MR) is 508 cm³/mol. The number of carboxylic acid groups (broad SMARTS) is 3. The summed E-state index contributed by atoms with van der Waals surface area (Å²) in [6.45, 7) is 12.8. The molecule has 0 bridgehead atoms. The average Bonchev–Trinajstić information content (AvgIpc) is 0.897. The number of amides is 3. The second-order valence-electron chi connectivity index (χ2n) is 38.7. The number of ether oxygens (including phenoxy) is 3. The molecule has 2 aliphatic carbocycles. The number of aliphatic carboxylic acids is 3. The van der Waals surface area contributed by atoms with Crippen molar-refractivity contribution in [2.24, 2.45) is 37.9 Å². The molecule has 3 aromatic carbocycles. The van der Waals surface area contributed by atoms with Crippen molar-refractivity contribution in [3.05, 3.63) is 191 Å². The smallest absolute Gasteiger partial charge is 0.416 e. The lowest BCUT2D eigenvalue weighted by Crippen LogP contribution is -2.57. The van der Waals surface area contributed by atoms with Crippen LogP contribution in [-0.4, -0.2) is 189 Å². The van der Waals surface area contributed by atoms with Crippen molar-refractivity contribution in [1.29, 1.82) is 0 Å². The Morgan fingerprint density at radius 3 is 1.03 bits per heavy atom. The van der Waals surface area contributed by atoms with Crippen LogP contribution >= 0.6 is 0 Å². The van der Waals surface area contributed by atoms with Gasteiger partial charge in [0.15, 0.2) is 0 Å². The van der Waals surface area contributed by atoms with Crippen LogP contribution in [-0.2, 0) is 100 Å². The highest BCUT2D eigenvalue weighted by atomic mass is 19.4. The molecule has 0 radical (unpaired) electrons. The number of halogens is 16. The van der Waals surface area contributed by atoms with Crippen LogP contribution in [0.3, 0.4) is 0 Å². The molecule has 14 rings (SSSR count). The first kappa shape index (κ1) is 113. The molecule has 3 N–H and O–H groups in total. The van der Waals surface area contributed by atoms with E-state index < -0.39 is 154 Å². The SMILES string of the molecule is C.CC[C@@H]1CC(N(Cc2cc(C(F)(F)F)cc(C(F)(F)F)c2)c2ncc(-c3ccn(C)c3)cn2)C[C@H](CC)N1C(=O)OCC(C)(C)C(=O)O.CC[C@@H]1CC(N(Cc2cc(C(F)(F)F)cc(C(F)(F)F)c2)c2ncc(-c3ccn(C)c3)cn2)C[C@H](CC)N1C(=O)OCC1(C(=O)O)CCCC1.CC[C@@H]1CC(N(Cc2cc(F)cc(C(F)(F)F)c2)c2ncc(-c3cnn(C)c3)cn2)C[C@H](CC)N1C(=O)OC1CCC(C(=O)O)CC1. The number of anilines is 3. The first-order valence-electron chi connectivity index (χ1n) is 48.3. The van der Waals surface area contributed by atoms with E-state index in [-0.39, 0.29) is 124 Å². The van der Waals surface area contributed by atoms with Gasteiger partial charge in [0.25, 0.3) is 0 Å². The summed E-state index contributed by atoms with van der Waals surface area (Å²) >= 11 is 0. The average molecular weight is 2070 g/mol. The Labute approximate surface area is 835 Å². The molecule has 9 aromatic rings. The van der Waals surface area contributed by atoms with Crippen LogP contribution in [0.1, 0.15) is 236 Å². The predicted octanol–water partition coefficient (Wildman–Crippen LogP) is 23.6. The summed E-state index contributed by atoms with van der Waals surface area (Å²) in [6, 6.07) is 5.74. The maximum absolute atomic E-state index is 14.5. The van der Waals surface area contributed by atoms with Gasteiger partial charge in [0.05, 0.1) is 45.3 Å². The Balaban J connectivity index is 0.000000208. The van der Waals surface area contributed by atoms with Gasteiger partial charge in [0.2, 0.25) is 17.8 Å². The van der Waals surface area contributed by atoms with E-state index in [4.69, 9.17) is 14.2 Å². The number of benzene rings is 3. The van der Waals surface area contributed by atoms with Crippen LogP contribution in [0.25, 0.3) is 33.4 Å². The number of aryl methyl sites for hydroxylation is 3. The first-order chi connectivity index (χ1) is 68.2. The third kappa shape index (κ3) is 28.1. The number of carbonyl (C=O) groups excluding carboxylic acids is 3. The van der Waals surface area contributed by atoms with Crippen LogP contribution in [0.4, 0.5) is 102 Å². The Morgan fingerprint density at radius 1 is 0.418 bits per heavy atom. The van der Waals surface area contributed by atoms with E-state index in [1.165, 1.54) is 13.8 Å². The normalized spacial score (nSPS) is 20.9. The van der Waals surface area contributed by atoms with Gasteiger partial charge in [0, 0.05) is 197 Å². The zero-order chi connectivity index (χ0) is 106. The summed E-state index contributed by atoms with van der Waals surface area (Å²) in [5.74, 6) is -3.89.